The molecule has 1 heteroatoms. The lowest BCUT2D eigenvalue weighted by atomic mass is 9.82. The summed E-state index contributed by atoms with van der Waals surface area (Å²) < 4.78 is 0. The Labute approximate surface area is 106 Å². The number of hydrogen-bond donors (Lipinski definition) is 1. The predicted octanol–water partition coefficient (Wildman–Crippen LogP) is 3.88. The molecular weight excluding hydrogens is 206 g/mol. The van der Waals surface area contributed by atoms with Gasteiger partial charge in [0.25, 0.3) is 0 Å². The Balaban J connectivity index is 2.13. The first-order valence-corrected chi connectivity index (χ1v) is 7.02. The molecule has 0 saturated heterocycles. The van der Waals surface area contributed by atoms with E-state index in [9.17, 15) is 0 Å². The van der Waals surface area contributed by atoms with E-state index in [2.05, 4.69) is 43.6 Å². The summed E-state index contributed by atoms with van der Waals surface area (Å²) in [5.41, 5.74) is 2.96. The first-order valence-electron chi connectivity index (χ1n) is 7.02. The molecule has 0 heterocycles. The third-order valence-corrected chi connectivity index (χ3v) is 4.14. The van der Waals surface area contributed by atoms with Crippen molar-refractivity contribution in [2.45, 2.75) is 44.9 Å². The SMILES string of the molecule is CNCCC(c1cccc(C)c1)C1CCCC1. The topological polar surface area (TPSA) is 12.0 Å². The Bertz CT molecular complexity index is 339. The number of aryl methyl sites for hydroxylation is 1. The summed E-state index contributed by atoms with van der Waals surface area (Å²) in [6.07, 6.45) is 7.02. The van der Waals surface area contributed by atoms with Crippen LogP contribution in [0.15, 0.2) is 24.3 Å². The first-order chi connectivity index (χ1) is 8.31. The van der Waals surface area contributed by atoms with Crippen molar-refractivity contribution in [3.63, 3.8) is 0 Å². The minimum Gasteiger partial charge on any atom is -0.320 e. The van der Waals surface area contributed by atoms with E-state index >= 15 is 0 Å². The second-order valence-electron chi connectivity index (χ2n) is 5.46. The molecule has 1 fully saturated rings. The first kappa shape index (κ1) is 12.6. The van der Waals surface area contributed by atoms with Crippen LogP contribution in [0.1, 0.15) is 49.1 Å². The van der Waals surface area contributed by atoms with Crippen LogP contribution in [-0.4, -0.2) is 13.6 Å². The van der Waals surface area contributed by atoms with Crippen LogP contribution in [0.2, 0.25) is 0 Å². The molecule has 1 aromatic carbocycles. The van der Waals surface area contributed by atoms with E-state index in [0.717, 1.165) is 18.4 Å². The van der Waals surface area contributed by atoms with E-state index in [1.54, 1.807) is 5.56 Å². The van der Waals surface area contributed by atoms with Crippen LogP contribution in [0.25, 0.3) is 0 Å². The van der Waals surface area contributed by atoms with Crippen molar-refractivity contribution < 1.29 is 0 Å². The fourth-order valence-corrected chi connectivity index (χ4v) is 3.23. The van der Waals surface area contributed by atoms with Gasteiger partial charge < -0.3 is 5.32 Å². The van der Waals surface area contributed by atoms with Gasteiger partial charge in [0, 0.05) is 0 Å². The zero-order chi connectivity index (χ0) is 12.1. The second-order valence-corrected chi connectivity index (χ2v) is 5.46. The van der Waals surface area contributed by atoms with Crippen molar-refractivity contribution in [3.8, 4) is 0 Å². The van der Waals surface area contributed by atoms with Crippen LogP contribution in [0.3, 0.4) is 0 Å². The van der Waals surface area contributed by atoms with Gasteiger partial charge in [-0.05, 0) is 57.2 Å². The molecule has 94 valence electrons. The van der Waals surface area contributed by atoms with Crippen LogP contribution >= 0.6 is 0 Å². The van der Waals surface area contributed by atoms with Gasteiger partial charge in [0.05, 0.1) is 0 Å². The second kappa shape index (κ2) is 6.20. The van der Waals surface area contributed by atoms with E-state index in [1.165, 1.54) is 37.7 Å². The summed E-state index contributed by atoms with van der Waals surface area (Å²) in [6, 6.07) is 9.13. The summed E-state index contributed by atoms with van der Waals surface area (Å²) in [5.74, 6) is 1.69. The molecule has 0 aromatic heterocycles. The number of hydrogen-bond acceptors (Lipinski definition) is 1. The molecule has 1 aliphatic rings. The highest BCUT2D eigenvalue weighted by molar-refractivity contribution is 5.26. The zero-order valence-electron chi connectivity index (χ0n) is 11.2. The normalized spacial score (nSPS) is 18.5. The van der Waals surface area contributed by atoms with Gasteiger partial charge in [0.15, 0.2) is 0 Å². The zero-order valence-corrected chi connectivity index (χ0v) is 11.2. The fraction of sp³-hybridized carbons (Fsp3) is 0.625. The van der Waals surface area contributed by atoms with E-state index in [0.29, 0.717) is 0 Å². The van der Waals surface area contributed by atoms with Crippen LogP contribution < -0.4 is 5.32 Å². The third kappa shape index (κ3) is 3.32. The van der Waals surface area contributed by atoms with Gasteiger partial charge in [-0.3, -0.25) is 0 Å². The quantitative estimate of drug-likeness (QED) is 0.811. The van der Waals surface area contributed by atoms with Crippen LogP contribution in [0, 0.1) is 12.8 Å². The number of nitrogens with one attached hydrogen (secondary N) is 1. The Morgan fingerprint density at radius 2 is 2.06 bits per heavy atom. The molecule has 0 spiro atoms. The van der Waals surface area contributed by atoms with Gasteiger partial charge in [-0.15, -0.1) is 0 Å². The molecule has 1 nitrogen and oxygen atoms in total. The van der Waals surface area contributed by atoms with Crippen LogP contribution in [-0.2, 0) is 0 Å². The summed E-state index contributed by atoms with van der Waals surface area (Å²) in [5, 5.41) is 3.31. The van der Waals surface area contributed by atoms with Gasteiger partial charge in [-0.25, -0.2) is 0 Å². The van der Waals surface area contributed by atoms with Gasteiger partial charge in [-0.1, -0.05) is 42.7 Å². The van der Waals surface area contributed by atoms with Crippen molar-refractivity contribution in [1.29, 1.82) is 0 Å². The van der Waals surface area contributed by atoms with Crippen LogP contribution in [0.5, 0.6) is 0 Å². The largest absolute Gasteiger partial charge is 0.320 e. The molecule has 0 radical (unpaired) electrons. The highest BCUT2D eigenvalue weighted by Gasteiger charge is 2.25. The standard InChI is InChI=1S/C16H25N/c1-13-6-5-9-15(12-13)16(10-11-17-2)14-7-3-4-8-14/h5-6,9,12,14,16-17H,3-4,7-8,10-11H2,1-2H3. The average Bonchev–Trinajstić information content (AvgIpc) is 2.83. The lowest BCUT2D eigenvalue weighted by molar-refractivity contribution is 0.407. The molecule has 2 rings (SSSR count). The van der Waals surface area contributed by atoms with E-state index < -0.39 is 0 Å². The summed E-state index contributed by atoms with van der Waals surface area (Å²) >= 11 is 0. The molecule has 1 aliphatic carbocycles. The minimum absolute atomic E-state index is 0.768. The van der Waals surface area contributed by atoms with Gasteiger partial charge in [0.2, 0.25) is 0 Å². The molecule has 0 amide bonds. The monoisotopic (exact) mass is 231 g/mol. The van der Waals surface area contributed by atoms with Crippen molar-refractivity contribution in [2.24, 2.45) is 5.92 Å². The Morgan fingerprint density at radius 1 is 1.29 bits per heavy atom. The van der Waals surface area contributed by atoms with Crippen molar-refractivity contribution in [3.05, 3.63) is 35.4 Å². The highest BCUT2D eigenvalue weighted by atomic mass is 14.8. The smallest absolute Gasteiger partial charge is 0.00460 e. The summed E-state index contributed by atoms with van der Waals surface area (Å²) in [4.78, 5) is 0. The Morgan fingerprint density at radius 3 is 2.71 bits per heavy atom. The van der Waals surface area contributed by atoms with Gasteiger partial charge in [0.1, 0.15) is 0 Å². The van der Waals surface area contributed by atoms with Crippen LogP contribution in [0.4, 0.5) is 0 Å². The van der Waals surface area contributed by atoms with Crippen molar-refractivity contribution in [1.82, 2.24) is 5.32 Å². The molecule has 1 N–H and O–H groups in total. The maximum atomic E-state index is 3.31. The molecule has 0 bridgehead atoms. The molecule has 1 aromatic rings. The van der Waals surface area contributed by atoms with E-state index in [4.69, 9.17) is 0 Å². The molecule has 1 saturated carbocycles. The third-order valence-electron chi connectivity index (χ3n) is 4.14. The highest BCUT2D eigenvalue weighted by Crippen LogP contribution is 2.39. The molecule has 1 atom stereocenters. The Kier molecular flexibility index (Phi) is 4.61. The minimum atomic E-state index is 0.768. The van der Waals surface area contributed by atoms with Gasteiger partial charge in [-0.2, -0.15) is 0 Å². The number of rotatable bonds is 5. The maximum Gasteiger partial charge on any atom is -0.00460 e. The van der Waals surface area contributed by atoms with Gasteiger partial charge >= 0.3 is 0 Å². The number of benzene rings is 1. The summed E-state index contributed by atoms with van der Waals surface area (Å²) in [6.45, 7) is 3.34. The average molecular weight is 231 g/mol. The fourth-order valence-electron chi connectivity index (χ4n) is 3.23. The summed E-state index contributed by atoms with van der Waals surface area (Å²) in [7, 11) is 2.06. The molecule has 1 unspecified atom stereocenters. The lowest BCUT2D eigenvalue weighted by Crippen LogP contribution is -2.17. The maximum absolute atomic E-state index is 3.31. The lowest BCUT2D eigenvalue weighted by Gasteiger charge is -2.24. The van der Waals surface area contributed by atoms with Crippen molar-refractivity contribution in [2.75, 3.05) is 13.6 Å². The Hall–Kier alpha value is -0.820. The molecule has 17 heavy (non-hydrogen) atoms. The molecular formula is C16H25N. The van der Waals surface area contributed by atoms with E-state index in [1.807, 2.05) is 0 Å². The molecule has 0 aliphatic heterocycles. The van der Waals surface area contributed by atoms with Crippen molar-refractivity contribution >= 4 is 0 Å². The van der Waals surface area contributed by atoms with E-state index in [-0.39, 0.29) is 0 Å². The predicted molar refractivity (Wildman–Crippen MR) is 74.4 cm³/mol.